The molecular weight excluding hydrogens is 956 g/mol. The average molecular weight is 998 g/mol. The Labute approximate surface area is 406 Å². The molecule has 1 atom stereocenters. The lowest BCUT2D eigenvalue weighted by Gasteiger charge is -2.37. The summed E-state index contributed by atoms with van der Waals surface area (Å²) in [6, 6.07) is 22.5. The molecule has 1 aliphatic rings. The van der Waals surface area contributed by atoms with Crippen molar-refractivity contribution in [2.75, 3.05) is 10.6 Å². The number of halogens is 2. The number of fused-ring (bicyclic) bond motifs is 4. The van der Waals surface area contributed by atoms with Crippen LogP contribution in [-0.4, -0.2) is 64.2 Å². The largest absolute Gasteiger partial charge is 0.508 e. The standard InChI is InChI=1S/C51H42BrFN14O3/c1-25-8-5-11-29-17-34(66(50(69)38(25)29)46-26(2)9-6-12-56-46)23-65-49-41(42(62-65)31-16-33(53)20-36(68)19-31)44(55)60-45(61-49)32-14-28(4)39-30(15-32)18-35(67(51(39)70)47-27(3)10-7-13-57-47)22-64-48-40(43(52)63-64)37(21-54)58-24-59-48/h5-20,24,51,68,70H,21-23,54H2,1-4H3,(H2,55,60,61). The zero-order chi connectivity index (χ0) is 48.7. The third-order valence-corrected chi connectivity index (χ3v) is 13.3. The highest BCUT2D eigenvalue weighted by Gasteiger charge is 2.33. The second kappa shape index (κ2) is 17.1. The van der Waals surface area contributed by atoms with Gasteiger partial charge >= 0.3 is 0 Å². The van der Waals surface area contributed by atoms with E-state index in [0.717, 1.165) is 33.7 Å². The summed E-state index contributed by atoms with van der Waals surface area (Å²) in [4.78, 5) is 44.6. The first-order valence-corrected chi connectivity index (χ1v) is 23.0. The maximum Gasteiger partial charge on any atom is 0.264 e. The highest BCUT2D eigenvalue weighted by molar-refractivity contribution is 9.10. The number of hydrogen-bond acceptors (Lipinski definition) is 14. The summed E-state index contributed by atoms with van der Waals surface area (Å²) in [6.07, 6.45) is 5.57. The molecule has 6 N–H and O–H groups in total. The van der Waals surface area contributed by atoms with Crippen LogP contribution in [0.4, 0.5) is 16.0 Å². The summed E-state index contributed by atoms with van der Waals surface area (Å²) >= 11 is 3.59. The van der Waals surface area contributed by atoms with Crippen molar-refractivity contribution in [3.63, 3.8) is 0 Å². The SMILES string of the molecule is Cc1cccnc1N1C(Cn2nc(Br)c3c(CN)ncnc32)=Cc2cc(-c3nc(N)c4c(-c5cc(O)cc(F)c5)nn(Cc5cc6cccc(C)c6c(=O)n5-c5ncccc5C)c4n3)cc(C)c2C1O. The van der Waals surface area contributed by atoms with Gasteiger partial charge < -0.3 is 21.7 Å². The molecular formula is C51H42BrFN14O3. The molecule has 17 nitrogen and oxygen atoms in total. The molecule has 0 aliphatic carbocycles. The minimum Gasteiger partial charge on any atom is -0.508 e. The maximum absolute atomic E-state index is 15.0. The molecule has 0 bridgehead atoms. The Morgan fingerprint density at radius 1 is 0.757 bits per heavy atom. The van der Waals surface area contributed by atoms with E-state index in [1.807, 2.05) is 94.4 Å². The van der Waals surface area contributed by atoms with Crippen molar-refractivity contribution < 1.29 is 14.6 Å². The molecule has 0 spiro atoms. The molecule has 7 aromatic heterocycles. The summed E-state index contributed by atoms with van der Waals surface area (Å²) in [5, 5.41) is 35.0. The number of hydrogen-bond donors (Lipinski definition) is 4. The van der Waals surface area contributed by atoms with Gasteiger partial charge in [-0.15, -0.1) is 0 Å². The van der Waals surface area contributed by atoms with E-state index in [1.165, 1.54) is 18.5 Å². The topological polar surface area (TPSA) is 231 Å². The Morgan fingerprint density at radius 3 is 2.24 bits per heavy atom. The van der Waals surface area contributed by atoms with Gasteiger partial charge in [-0.2, -0.15) is 10.2 Å². The molecule has 0 amide bonds. The van der Waals surface area contributed by atoms with Gasteiger partial charge in [0.2, 0.25) is 0 Å². The summed E-state index contributed by atoms with van der Waals surface area (Å²) in [6.45, 7) is 7.96. The third-order valence-electron chi connectivity index (χ3n) is 12.7. The first-order chi connectivity index (χ1) is 33.8. The van der Waals surface area contributed by atoms with E-state index in [1.54, 1.807) is 31.2 Å². The zero-order valence-electron chi connectivity index (χ0n) is 38.1. The molecule has 1 aliphatic heterocycles. The van der Waals surface area contributed by atoms with Crippen molar-refractivity contribution in [2.45, 2.75) is 53.6 Å². The monoisotopic (exact) mass is 996 g/mol. The van der Waals surface area contributed by atoms with E-state index in [0.29, 0.717) is 71.8 Å². The van der Waals surface area contributed by atoms with Crippen molar-refractivity contribution in [2.24, 2.45) is 5.73 Å². The molecule has 0 saturated heterocycles. The number of nitrogen functional groups attached to an aromatic ring is 1. The van der Waals surface area contributed by atoms with Gasteiger partial charge in [0, 0.05) is 47.4 Å². The van der Waals surface area contributed by atoms with Crippen molar-refractivity contribution >= 4 is 66.5 Å². The number of benzene rings is 3. The van der Waals surface area contributed by atoms with Gasteiger partial charge in [-0.3, -0.25) is 14.3 Å². The van der Waals surface area contributed by atoms with E-state index in [-0.39, 0.29) is 59.5 Å². The number of aryl methyl sites for hydroxylation is 4. The predicted octanol–water partition coefficient (Wildman–Crippen LogP) is 7.88. The highest BCUT2D eigenvalue weighted by Crippen LogP contribution is 2.42. The minimum absolute atomic E-state index is 0.0109. The first-order valence-electron chi connectivity index (χ1n) is 22.2. The molecule has 0 radical (unpaired) electrons. The van der Waals surface area contributed by atoms with Crippen LogP contribution in [0, 0.1) is 33.5 Å². The first kappa shape index (κ1) is 44.3. The highest BCUT2D eigenvalue weighted by atomic mass is 79.9. The van der Waals surface area contributed by atoms with E-state index in [4.69, 9.17) is 36.6 Å². The normalized spacial score (nSPS) is 13.7. The lowest BCUT2D eigenvalue weighted by Crippen LogP contribution is -2.35. The number of pyridine rings is 3. The molecule has 8 heterocycles. The molecule has 0 fully saturated rings. The van der Waals surface area contributed by atoms with Crippen LogP contribution in [0.15, 0.2) is 113 Å². The van der Waals surface area contributed by atoms with Crippen molar-refractivity contribution in [3.8, 4) is 34.2 Å². The van der Waals surface area contributed by atoms with E-state index in [9.17, 15) is 15.0 Å². The Bertz CT molecular complexity index is 3880. The van der Waals surface area contributed by atoms with Crippen molar-refractivity contribution in [3.05, 3.63) is 169 Å². The van der Waals surface area contributed by atoms with Crippen molar-refractivity contribution in [1.29, 1.82) is 0 Å². The Balaban J connectivity index is 1.10. The zero-order valence-corrected chi connectivity index (χ0v) is 39.7. The van der Waals surface area contributed by atoms with Gasteiger partial charge in [-0.25, -0.2) is 43.7 Å². The Hall–Kier alpha value is -8.26. The molecule has 348 valence electrons. The fourth-order valence-electron chi connectivity index (χ4n) is 9.56. The number of nitrogens with zero attached hydrogens (tertiary/aromatic N) is 12. The maximum atomic E-state index is 15.0. The number of phenolic OH excluding ortho intramolecular Hbond substituents is 1. The number of allylic oxidation sites excluding steroid dienone is 1. The molecule has 1 unspecified atom stereocenters. The fraction of sp³-hybridized carbons (Fsp3) is 0.157. The van der Waals surface area contributed by atoms with E-state index in [2.05, 4.69) is 30.9 Å². The number of rotatable bonds is 9. The van der Waals surface area contributed by atoms with Crippen LogP contribution in [0.2, 0.25) is 0 Å². The van der Waals surface area contributed by atoms with Crippen LogP contribution < -0.4 is 21.9 Å². The Kier molecular flexibility index (Phi) is 10.8. The van der Waals surface area contributed by atoms with E-state index < -0.39 is 12.0 Å². The van der Waals surface area contributed by atoms with Crippen LogP contribution in [-0.2, 0) is 19.6 Å². The number of aliphatic hydroxyl groups is 1. The van der Waals surface area contributed by atoms with Crippen molar-refractivity contribution in [1.82, 2.24) is 54.0 Å². The summed E-state index contributed by atoms with van der Waals surface area (Å²) < 4.78 is 20.5. The summed E-state index contributed by atoms with van der Waals surface area (Å²) in [7, 11) is 0. The Morgan fingerprint density at radius 2 is 1.50 bits per heavy atom. The van der Waals surface area contributed by atoms with Gasteiger partial charge in [-0.05, 0) is 125 Å². The van der Waals surface area contributed by atoms with Gasteiger partial charge in [0.05, 0.1) is 40.6 Å². The quantitative estimate of drug-likeness (QED) is 0.108. The lowest BCUT2D eigenvalue weighted by molar-refractivity contribution is 0.175. The summed E-state index contributed by atoms with van der Waals surface area (Å²) in [5.41, 5.74) is 20.9. The van der Waals surface area contributed by atoms with Gasteiger partial charge in [0.1, 0.15) is 45.6 Å². The smallest absolute Gasteiger partial charge is 0.264 e. The minimum atomic E-state index is -1.18. The number of nitrogens with two attached hydrogens (primary N) is 2. The second-order valence-electron chi connectivity index (χ2n) is 17.3. The second-order valence-corrected chi connectivity index (χ2v) is 18.0. The van der Waals surface area contributed by atoms with Crippen LogP contribution in [0.3, 0.4) is 0 Å². The predicted molar refractivity (Wildman–Crippen MR) is 268 cm³/mol. The number of anilines is 2. The van der Waals surface area contributed by atoms with Crippen LogP contribution >= 0.6 is 15.9 Å². The molecule has 0 saturated carbocycles. The molecule has 70 heavy (non-hydrogen) atoms. The number of aliphatic hydroxyl groups excluding tert-OH is 1. The number of phenols is 1. The average Bonchev–Trinajstić information content (AvgIpc) is 3.86. The number of aromatic nitrogens is 11. The molecule has 11 rings (SSSR count). The van der Waals surface area contributed by atoms with Gasteiger partial charge in [0.25, 0.3) is 5.56 Å². The lowest BCUT2D eigenvalue weighted by atomic mass is 9.92. The molecule has 10 aromatic rings. The van der Waals surface area contributed by atoms with E-state index >= 15 is 4.39 Å². The third kappa shape index (κ3) is 7.33. The molecule has 3 aromatic carbocycles. The van der Waals surface area contributed by atoms with Crippen LogP contribution in [0.25, 0.3) is 67.4 Å². The van der Waals surface area contributed by atoms with Gasteiger partial charge in [-0.1, -0.05) is 30.3 Å². The number of aromatic hydroxyl groups is 1. The molecule has 19 heteroatoms. The van der Waals surface area contributed by atoms with Crippen LogP contribution in [0.5, 0.6) is 5.75 Å². The van der Waals surface area contributed by atoms with Gasteiger partial charge in [0.15, 0.2) is 23.3 Å². The summed E-state index contributed by atoms with van der Waals surface area (Å²) in [5.74, 6) is 0.290. The fourth-order valence-corrected chi connectivity index (χ4v) is 10.2. The van der Waals surface area contributed by atoms with Crippen LogP contribution in [0.1, 0.15) is 51.0 Å².